The van der Waals surface area contributed by atoms with E-state index in [-0.39, 0.29) is 23.7 Å². The summed E-state index contributed by atoms with van der Waals surface area (Å²) in [5.74, 6) is 0.448. The third-order valence-corrected chi connectivity index (χ3v) is 6.87. The molecule has 0 N–H and O–H groups in total. The first kappa shape index (κ1) is 28.1. The van der Waals surface area contributed by atoms with Crippen molar-refractivity contribution in [1.82, 2.24) is 4.90 Å². The van der Waals surface area contributed by atoms with Gasteiger partial charge in [0.15, 0.2) is 11.5 Å². The Hall–Kier alpha value is -4.88. The van der Waals surface area contributed by atoms with Crippen molar-refractivity contribution in [3.05, 3.63) is 116 Å². The number of ether oxygens (including phenoxy) is 2. The topological polar surface area (TPSA) is 123 Å². The molecule has 9 nitrogen and oxygen atoms in total. The zero-order chi connectivity index (χ0) is 28.6. The number of rotatable bonds is 11. The first-order chi connectivity index (χ1) is 19.3. The molecular weight excluding hydrogens is 530 g/mol. The third-order valence-electron chi connectivity index (χ3n) is 5.96. The average Bonchev–Trinajstić information content (AvgIpc) is 3.20. The Morgan fingerprint density at radius 1 is 1.10 bits per heavy atom. The van der Waals surface area contributed by atoms with Crippen molar-refractivity contribution in [2.45, 2.75) is 26.5 Å². The Kier molecular flexibility index (Phi) is 8.99. The van der Waals surface area contributed by atoms with E-state index in [2.05, 4.69) is 12.6 Å². The molecule has 1 saturated heterocycles. The highest BCUT2D eigenvalue weighted by Crippen LogP contribution is 2.38. The fourth-order valence-electron chi connectivity index (χ4n) is 4.14. The molecule has 202 valence electrons. The normalized spacial score (nSPS) is 13.8. The van der Waals surface area contributed by atoms with Crippen LogP contribution in [0.3, 0.4) is 0 Å². The van der Waals surface area contributed by atoms with E-state index in [0.29, 0.717) is 46.8 Å². The number of hydrogen-bond donors (Lipinski definition) is 0. The van der Waals surface area contributed by atoms with Gasteiger partial charge in [-0.3, -0.25) is 24.6 Å². The van der Waals surface area contributed by atoms with E-state index in [1.165, 1.54) is 12.1 Å². The van der Waals surface area contributed by atoms with Crippen LogP contribution in [-0.2, 0) is 24.4 Å². The second kappa shape index (κ2) is 12.8. The van der Waals surface area contributed by atoms with Crippen molar-refractivity contribution in [1.29, 1.82) is 5.26 Å². The SMILES string of the molecule is C=CCc1cc(/C=C2/SC(=O)N(Cc3ccccc3C#N)C2=O)cc(OCC)c1OCc1cccc([N+](=O)[O-])c1. The van der Waals surface area contributed by atoms with Crippen molar-refractivity contribution >= 4 is 34.7 Å². The summed E-state index contributed by atoms with van der Waals surface area (Å²) in [6.45, 7) is 6.08. The summed E-state index contributed by atoms with van der Waals surface area (Å²) in [5.41, 5.74) is 2.95. The van der Waals surface area contributed by atoms with E-state index in [1.807, 2.05) is 13.0 Å². The maximum absolute atomic E-state index is 13.2. The minimum Gasteiger partial charge on any atom is -0.490 e. The van der Waals surface area contributed by atoms with Crippen molar-refractivity contribution in [3.8, 4) is 17.6 Å². The van der Waals surface area contributed by atoms with Crippen LogP contribution in [0, 0.1) is 21.4 Å². The van der Waals surface area contributed by atoms with Crippen LogP contribution in [0.25, 0.3) is 6.08 Å². The molecule has 0 aromatic heterocycles. The maximum Gasteiger partial charge on any atom is 0.293 e. The smallest absolute Gasteiger partial charge is 0.293 e. The number of benzene rings is 3. The van der Waals surface area contributed by atoms with Crippen molar-refractivity contribution in [2.75, 3.05) is 6.61 Å². The van der Waals surface area contributed by atoms with Gasteiger partial charge in [-0.25, -0.2) is 0 Å². The molecule has 1 fully saturated rings. The number of imide groups is 1. The molecule has 3 aromatic rings. The molecule has 40 heavy (non-hydrogen) atoms. The largest absolute Gasteiger partial charge is 0.490 e. The Morgan fingerprint density at radius 2 is 1.90 bits per heavy atom. The summed E-state index contributed by atoms with van der Waals surface area (Å²) in [5, 5.41) is 20.1. The number of nitro groups is 1. The van der Waals surface area contributed by atoms with E-state index in [9.17, 15) is 25.0 Å². The Balaban J connectivity index is 1.62. The minimum atomic E-state index is -0.461. The monoisotopic (exact) mass is 555 g/mol. The van der Waals surface area contributed by atoms with Gasteiger partial charge in [-0.05, 0) is 66.1 Å². The molecule has 1 aliphatic heterocycles. The fourth-order valence-corrected chi connectivity index (χ4v) is 4.98. The maximum atomic E-state index is 13.2. The fraction of sp³-hybridized carbons (Fsp3) is 0.167. The van der Waals surface area contributed by atoms with Crippen LogP contribution < -0.4 is 9.47 Å². The highest BCUT2D eigenvalue weighted by molar-refractivity contribution is 8.18. The number of amides is 2. The molecule has 0 spiro atoms. The number of carbonyl (C=O) groups is 2. The van der Waals surface area contributed by atoms with Crippen LogP contribution in [-0.4, -0.2) is 27.6 Å². The minimum absolute atomic E-state index is 0.00206. The Labute approximate surface area is 235 Å². The molecule has 0 saturated carbocycles. The summed E-state index contributed by atoms with van der Waals surface area (Å²) in [6.07, 6.45) is 3.76. The highest BCUT2D eigenvalue weighted by Gasteiger charge is 2.35. The molecule has 0 radical (unpaired) electrons. The van der Waals surface area contributed by atoms with Gasteiger partial charge in [-0.15, -0.1) is 6.58 Å². The number of nitriles is 1. The zero-order valence-corrected chi connectivity index (χ0v) is 22.5. The number of nitrogens with zero attached hydrogens (tertiary/aromatic N) is 3. The lowest BCUT2D eigenvalue weighted by Gasteiger charge is -2.17. The predicted octanol–water partition coefficient (Wildman–Crippen LogP) is 6.41. The standard InChI is InChI=1S/C30H25N3O6S/c1-3-8-22-13-21(15-26(38-4-2)28(22)39-19-20-9-7-12-25(14-20)33(36)37)16-27-29(34)32(30(35)40-27)18-24-11-6-5-10-23(24)17-31/h3,5-7,9-16H,1,4,8,18-19H2,2H3/b27-16+. The van der Waals surface area contributed by atoms with E-state index in [1.54, 1.807) is 54.6 Å². The molecule has 0 bridgehead atoms. The number of nitro benzene ring substituents is 1. The molecule has 4 rings (SSSR count). The van der Waals surface area contributed by atoms with E-state index in [4.69, 9.17) is 9.47 Å². The van der Waals surface area contributed by atoms with Gasteiger partial charge in [-0.2, -0.15) is 5.26 Å². The predicted molar refractivity (Wildman–Crippen MR) is 152 cm³/mol. The first-order valence-corrected chi connectivity index (χ1v) is 13.2. The highest BCUT2D eigenvalue weighted by atomic mass is 32.2. The number of hydrogen-bond acceptors (Lipinski definition) is 8. The lowest BCUT2D eigenvalue weighted by molar-refractivity contribution is -0.384. The van der Waals surface area contributed by atoms with E-state index < -0.39 is 16.1 Å². The zero-order valence-electron chi connectivity index (χ0n) is 21.7. The van der Waals surface area contributed by atoms with Gasteiger partial charge in [0.25, 0.3) is 16.8 Å². The van der Waals surface area contributed by atoms with Gasteiger partial charge >= 0.3 is 0 Å². The van der Waals surface area contributed by atoms with Gasteiger partial charge in [0.05, 0.1) is 34.6 Å². The van der Waals surface area contributed by atoms with Crippen LogP contribution in [0.1, 0.15) is 34.7 Å². The second-order valence-corrected chi connectivity index (χ2v) is 9.68. The molecule has 1 aliphatic rings. The average molecular weight is 556 g/mol. The molecule has 0 aliphatic carbocycles. The first-order valence-electron chi connectivity index (χ1n) is 12.3. The van der Waals surface area contributed by atoms with Gasteiger partial charge in [-0.1, -0.05) is 36.4 Å². The third kappa shape index (κ3) is 6.39. The van der Waals surface area contributed by atoms with Crippen LogP contribution in [0.5, 0.6) is 11.5 Å². The summed E-state index contributed by atoms with van der Waals surface area (Å²) < 4.78 is 11.9. The summed E-state index contributed by atoms with van der Waals surface area (Å²) in [6, 6.07) is 18.7. The molecule has 2 amide bonds. The van der Waals surface area contributed by atoms with Crippen molar-refractivity contribution < 1.29 is 24.0 Å². The Bertz CT molecular complexity index is 1560. The molecule has 0 unspecified atom stereocenters. The second-order valence-electron chi connectivity index (χ2n) is 8.69. The number of thioether (sulfide) groups is 1. The van der Waals surface area contributed by atoms with Crippen LogP contribution in [0.2, 0.25) is 0 Å². The van der Waals surface area contributed by atoms with Crippen LogP contribution in [0.4, 0.5) is 10.5 Å². The van der Waals surface area contributed by atoms with Gasteiger partial charge in [0.2, 0.25) is 0 Å². The van der Waals surface area contributed by atoms with E-state index >= 15 is 0 Å². The molecule has 0 atom stereocenters. The quantitative estimate of drug-likeness (QED) is 0.115. The lowest BCUT2D eigenvalue weighted by Crippen LogP contribution is -2.27. The summed E-state index contributed by atoms with van der Waals surface area (Å²) >= 11 is 0.832. The van der Waals surface area contributed by atoms with Crippen LogP contribution in [0.15, 0.2) is 78.2 Å². The summed E-state index contributed by atoms with van der Waals surface area (Å²) in [7, 11) is 0. The van der Waals surface area contributed by atoms with Gasteiger partial charge in [0, 0.05) is 17.7 Å². The molecular formula is C30H25N3O6S. The van der Waals surface area contributed by atoms with Gasteiger partial charge in [0.1, 0.15) is 6.61 Å². The van der Waals surface area contributed by atoms with Crippen molar-refractivity contribution in [3.63, 3.8) is 0 Å². The van der Waals surface area contributed by atoms with Gasteiger partial charge < -0.3 is 9.47 Å². The number of non-ortho nitro benzene ring substituents is 1. The molecule has 1 heterocycles. The van der Waals surface area contributed by atoms with Crippen LogP contribution >= 0.6 is 11.8 Å². The number of allylic oxidation sites excluding steroid dienone is 1. The molecule has 10 heteroatoms. The lowest BCUT2D eigenvalue weighted by atomic mass is 10.0. The Morgan fingerprint density at radius 3 is 2.62 bits per heavy atom. The number of carbonyl (C=O) groups excluding carboxylic acids is 2. The summed E-state index contributed by atoms with van der Waals surface area (Å²) in [4.78, 5) is 37.9. The molecule has 3 aromatic carbocycles. The van der Waals surface area contributed by atoms with Crippen molar-refractivity contribution in [2.24, 2.45) is 0 Å². The van der Waals surface area contributed by atoms with E-state index in [0.717, 1.165) is 22.2 Å².